The number of rotatable bonds is 12. The number of benzene rings is 2. The molecule has 2 aromatic rings. The molecule has 0 N–H and O–H groups in total. The lowest BCUT2D eigenvalue weighted by molar-refractivity contribution is 0.172. The van der Waals surface area contributed by atoms with Crippen molar-refractivity contribution in [3.05, 3.63) is 53.4 Å². The van der Waals surface area contributed by atoms with Gasteiger partial charge in [-0.25, -0.2) is 8.42 Å². The largest absolute Gasteiger partial charge is 0.493 e. The van der Waals surface area contributed by atoms with Gasteiger partial charge in [0.2, 0.25) is 5.75 Å². The quantitative estimate of drug-likeness (QED) is 0.344. The Morgan fingerprint density at radius 3 is 2.26 bits per heavy atom. The highest BCUT2D eigenvalue weighted by Gasteiger charge is 2.31. The van der Waals surface area contributed by atoms with E-state index in [4.69, 9.17) is 23.7 Å². The molecule has 10 heteroatoms. The van der Waals surface area contributed by atoms with Gasteiger partial charge in [-0.15, -0.1) is 23.5 Å². The van der Waals surface area contributed by atoms with Crippen molar-refractivity contribution < 1.29 is 32.1 Å². The van der Waals surface area contributed by atoms with Crippen molar-refractivity contribution >= 4 is 33.4 Å². The minimum absolute atomic E-state index is 0.0328. The summed E-state index contributed by atoms with van der Waals surface area (Å²) in [7, 11) is 2.80. The van der Waals surface area contributed by atoms with Crippen LogP contribution in [0.4, 0.5) is 0 Å². The van der Waals surface area contributed by atoms with Crippen LogP contribution in [0.15, 0.2) is 47.2 Å². The Labute approximate surface area is 210 Å². The lowest BCUT2D eigenvalue weighted by atomic mass is 10.1. The van der Waals surface area contributed by atoms with Gasteiger partial charge in [-0.3, -0.25) is 0 Å². The first-order chi connectivity index (χ1) is 16.4. The predicted molar refractivity (Wildman–Crippen MR) is 137 cm³/mol. The van der Waals surface area contributed by atoms with Gasteiger partial charge in [0.1, 0.15) is 5.75 Å². The molecule has 186 valence electrons. The number of thioether (sulfide) groups is 2. The van der Waals surface area contributed by atoms with E-state index in [1.165, 1.54) is 0 Å². The molecular weight excluding hydrogens is 496 g/mol. The molecule has 0 aromatic heterocycles. The van der Waals surface area contributed by atoms with E-state index < -0.39 is 9.84 Å². The van der Waals surface area contributed by atoms with E-state index in [2.05, 4.69) is 6.58 Å². The van der Waals surface area contributed by atoms with Gasteiger partial charge in [0.05, 0.1) is 37.4 Å². The van der Waals surface area contributed by atoms with Crippen molar-refractivity contribution in [3.63, 3.8) is 0 Å². The van der Waals surface area contributed by atoms with E-state index in [9.17, 15) is 8.42 Å². The maximum Gasteiger partial charge on any atom is 0.203 e. The second kappa shape index (κ2) is 12.1. The standard InChI is InChI=1S/C24H30O7S3/c1-6-34(25,26)19-11-17(10-18(14-19)31-9-7-8-27-2)24-32-15-22(33-24)16-12-20(28-3)23(30-5)21(13-16)29-4/h6,10-14,22,24H,1,7-9,15H2,2-5H3. The first-order valence-corrected chi connectivity index (χ1v) is 14.1. The molecule has 2 unspecified atom stereocenters. The topological polar surface area (TPSA) is 80.3 Å². The Kier molecular flexibility index (Phi) is 9.47. The van der Waals surface area contributed by atoms with Gasteiger partial charge in [-0.2, -0.15) is 0 Å². The molecule has 1 aliphatic heterocycles. The normalized spacial score (nSPS) is 17.9. The molecule has 0 spiro atoms. The zero-order chi connectivity index (χ0) is 24.7. The third-order valence-electron chi connectivity index (χ3n) is 5.23. The molecule has 0 saturated carbocycles. The summed E-state index contributed by atoms with van der Waals surface area (Å²) < 4.78 is 52.5. The van der Waals surface area contributed by atoms with Gasteiger partial charge in [-0.05, 0) is 41.5 Å². The summed E-state index contributed by atoms with van der Waals surface area (Å²) >= 11 is 3.51. The van der Waals surface area contributed by atoms with Crippen molar-refractivity contribution in [1.29, 1.82) is 0 Å². The molecule has 3 rings (SSSR count). The molecule has 34 heavy (non-hydrogen) atoms. The zero-order valence-electron chi connectivity index (χ0n) is 19.7. The lowest BCUT2D eigenvalue weighted by Gasteiger charge is -2.17. The second-order valence-electron chi connectivity index (χ2n) is 7.39. The molecular formula is C24H30O7S3. The van der Waals surface area contributed by atoms with Crippen LogP contribution in [0.3, 0.4) is 0 Å². The average molecular weight is 527 g/mol. The number of hydrogen-bond donors (Lipinski definition) is 0. The van der Waals surface area contributed by atoms with Crippen LogP contribution in [0.2, 0.25) is 0 Å². The van der Waals surface area contributed by atoms with Crippen molar-refractivity contribution in [1.82, 2.24) is 0 Å². The van der Waals surface area contributed by atoms with Crippen molar-refractivity contribution in [2.75, 3.05) is 47.4 Å². The van der Waals surface area contributed by atoms with E-state index in [0.717, 1.165) is 22.3 Å². The number of sulfone groups is 1. The van der Waals surface area contributed by atoms with E-state index in [-0.39, 0.29) is 14.7 Å². The summed E-state index contributed by atoms with van der Waals surface area (Å²) in [6.45, 7) is 4.47. The van der Waals surface area contributed by atoms with Crippen molar-refractivity contribution in [2.45, 2.75) is 21.1 Å². The van der Waals surface area contributed by atoms with Crippen molar-refractivity contribution in [2.24, 2.45) is 0 Å². The summed E-state index contributed by atoms with van der Waals surface area (Å²) in [6, 6.07) is 9.10. The summed E-state index contributed by atoms with van der Waals surface area (Å²) in [5.41, 5.74) is 1.94. The smallest absolute Gasteiger partial charge is 0.203 e. The molecule has 2 aromatic carbocycles. The van der Waals surface area contributed by atoms with Gasteiger partial charge >= 0.3 is 0 Å². The fourth-order valence-electron chi connectivity index (χ4n) is 3.51. The van der Waals surface area contributed by atoms with Gasteiger partial charge in [0.15, 0.2) is 21.3 Å². The maximum atomic E-state index is 12.5. The van der Waals surface area contributed by atoms with E-state index >= 15 is 0 Å². The van der Waals surface area contributed by atoms with Crippen LogP contribution in [0.25, 0.3) is 0 Å². The average Bonchev–Trinajstić information content (AvgIpc) is 3.36. The molecule has 1 heterocycles. The summed E-state index contributed by atoms with van der Waals surface area (Å²) in [4.78, 5) is 0.180. The van der Waals surface area contributed by atoms with Crippen LogP contribution < -0.4 is 18.9 Å². The molecule has 1 saturated heterocycles. The van der Waals surface area contributed by atoms with Gasteiger partial charge < -0.3 is 23.7 Å². The molecule has 0 radical (unpaired) electrons. The van der Waals surface area contributed by atoms with Crippen LogP contribution in [-0.4, -0.2) is 55.8 Å². The van der Waals surface area contributed by atoms with Gasteiger partial charge in [0, 0.05) is 36.5 Å². The molecule has 1 aliphatic rings. The maximum absolute atomic E-state index is 12.5. The third kappa shape index (κ3) is 6.16. The monoisotopic (exact) mass is 526 g/mol. The Bertz CT molecular complexity index is 1080. The van der Waals surface area contributed by atoms with Crippen LogP contribution in [-0.2, 0) is 14.6 Å². The minimum atomic E-state index is -3.61. The van der Waals surface area contributed by atoms with Gasteiger partial charge in [-0.1, -0.05) is 6.58 Å². The second-order valence-corrected chi connectivity index (χ2v) is 12.0. The highest BCUT2D eigenvalue weighted by Crippen LogP contribution is 2.57. The first kappa shape index (κ1) is 26.6. The Balaban J connectivity index is 1.88. The molecule has 0 bridgehead atoms. The fourth-order valence-corrected chi connectivity index (χ4v) is 7.54. The Morgan fingerprint density at radius 1 is 0.971 bits per heavy atom. The zero-order valence-corrected chi connectivity index (χ0v) is 22.2. The third-order valence-corrected chi connectivity index (χ3v) is 9.90. The summed E-state index contributed by atoms with van der Waals surface area (Å²) in [5.74, 6) is 3.13. The number of methoxy groups -OCH3 is 4. The number of ether oxygens (including phenoxy) is 5. The number of hydrogen-bond acceptors (Lipinski definition) is 9. The summed E-state index contributed by atoms with van der Waals surface area (Å²) in [6.07, 6.45) is 0.709. The molecule has 2 atom stereocenters. The SMILES string of the molecule is C=CS(=O)(=O)c1cc(OCCCOC)cc(C2SCC(c3cc(OC)c(OC)c(OC)c3)S2)c1. The predicted octanol–water partition coefficient (Wildman–Crippen LogP) is 5.26. The molecule has 7 nitrogen and oxygen atoms in total. The molecule has 0 aliphatic carbocycles. The Morgan fingerprint density at radius 2 is 1.68 bits per heavy atom. The van der Waals surface area contributed by atoms with E-state index in [1.807, 2.05) is 18.2 Å². The van der Waals surface area contributed by atoms with Crippen LogP contribution in [0.5, 0.6) is 23.0 Å². The molecule has 1 fully saturated rings. The summed E-state index contributed by atoms with van der Waals surface area (Å²) in [5, 5.41) is 1.13. The van der Waals surface area contributed by atoms with Crippen molar-refractivity contribution in [3.8, 4) is 23.0 Å². The highest BCUT2D eigenvalue weighted by atomic mass is 32.2. The lowest BCUT2D eigenvalue weighted by Crippen LogP contribution is -2.04. The van der Waals surface area contributed by atoms with Gasteiger partial charge in [0.25, 0.3) is 0 Å². The van der Waals surface area contributed by atoms with Crippen LogP contribution in [0, 0.1) is 0 Å². The Hall–Kier alpha value is -2.01. The highest BCUT2D eigenvalue weighted by molar-refractivity contribution is 8.19. The van der Waals surface area contributed by atoms with E-state index in [0.29, 0.717) is 42.6 Å². The van der Waals surface area contributed by atoms with Crippen LogP contribution in [0.1, 0.15) is 27.4 Å². The fraction of sp³-hybridized carbons (Fsp3) is 0.417. The first-order valence-electron chi connectivity index (χ1n) is 10.6. The molecule has 0 amide bonds. The van der Waals surface area contributed by atoms with E-state index in [1.54, 1.807) is 64.1 Å². The minimum Gasteiger partial charge on any atom is -0.493 e. The van der Waals surface area contributed by atoms with Crippen LogP contribution >= 0.6 is 23.5 Å².